The van der Waals surface area contributed by atoms with E-state index in [1.165, 1.54) is 0 Å². The highest BCUT2D eigenvalue weighted by atomic mass is 16.2. The zero-order valence-corrected chi connectivity index (χ0v) is 5.95. The molecule has 0 atom stereocenters. The van der Waals surface area contributed by atoms with Crippen LogP contribution in [0.15, 0.2) is 12.7 Å². The molecule has 4 nitrogen and oxygen atoms in total. The molecule has 0 spiro atoms. The van der Waals surface area contributed by atoms with Gasteiger partial charge in [0.2, 0.25) is 5.91 Å². The van der Waals surface area contributed by atoms with E-state index in [4.69, 9.17) is 10.5 Å². The molecule has 0 saturated carbocycles. The molecule has 0 aromatic heterocycles. The van der Waals surface area contributed by atoms with Gasteiger partial charge in [0.05, 0.1) is 12.1 Å². The Balaban J connectivity index is 4.13. The largest absolute Gasteiger partial charge is 0.313 e. The highest BCUT2D eigenvalue weighted by Gasteiger charge is 2.07. The number of nitrogens with zero attached hydrogens (tertiary/aromatic N) is 3. The lowest BCUT2D eigenvalue weighted by Crippen LogP contribution is -2.29. The van der Waals surface area contributed by atoms with E-state index >= 15 is 0 Å². The molecule has 0 bridgehead atoms. The van der Waals surface area contributed by atoms with Crippen molar-refractivity contribution in [3.8, 4) is 12.1 Å². The molecular weight excluding hydrogens is 142 g/mol. The van der Waals surface area contributed by atoms with E-state index in [-0.39, 0.29) is 13.1 Å². The number of carbonyl (C=O) groups excluding carboxylic acids is 1. The number of hydrogen-bond donors (Lipinski definition) is 0. The van der Waals surface area contributed by atoms with E-state index in [0.717, 1.165) is 11.0 Å². The molecule has 11 heavy (non-hydrogen) atoms. The maximum Gasteiger partial charge on any atom is 0.247 e. The monoisotopic (exact) mass is 149 g/mol. The van der Waals surface area contributed by atoms with Crippen LogP contribution in [0.2, 0.25) is 0 Å². The third-order valence-corrected chi connectivity index (χ3v) is 1.01. The number of hydrogen-bond acceptors (Lipinski definition) is 3. The Bertz CT molecular complexity index is 217. The van der Waals surface area contributed by atoms with Crippen molar-refractivity contribution in [1.29, 1.82) is 10.5 Å². The second-order valence-electron chi connectivity index (χ2n) is 1.71. The molecule has 0 aliphatic rings. The zero-order chi connectivity index (χ0) is 8.69. The minimum Gasteiger partial charge on any atom is -0.313 e. The van der Waals surface area contributed by atoms with Crippen molar-refractivity contribution in [3.63, 3.8) is 0 Å². The maximum absolute atomic E-state index is 10.8. The van der Waals surface area contributed by atoms with Gasteiger partial charge in [-0.1, -0.05) is 6.58 Å². The number of carbonyl (C=O) groups is 1. The van der Waals surface area contributed by atoms with Gasteiger partial charge in [-0.15, -0.1) is 0 Å². The molecule has 0 aliphatic carbocycles. The van der Waals surface area contributed by atoms with Crippen LogP contribution in [0.3, 0.4) is 0 Å². The van der Waals surface area contributed by atoms with Gasteiger partial charge < -0.3 is 4.90 Å². The van der Waals surface area contributed by atoms with Crippen LogP contribution in [0, 0.1) is 22.7 Å². The van der Waals surface area contributed by atoms with Crippen molar-refractivity contribution in [2.24, 2.45) is 0 Å². The van der Waals surface area contributed by atoms with Crippen LogP contribution in [0.4, 0.5) is 0 Å². The second kappa shape index (κ2) is 5.01. The Labute approximate surface area is 64.9 Å². The molecular formula is C7H7N3O. The van der Waals surface area contributed by atoms with E-state index in [0.29, 0.717) is 0 Å². The summed E-state index contributed by atoms with van der Waals surface area (Å²) < 4.78 is 0. The van der Waals surface area contributed by atoms with Crippen molar-refractivity contribution < 1.29 is 4.79 Å². The van der Waals surface area contributed by atoms with Crippen LogP contribution in [0.25, 0.3) is 0 Å². The Hall–Kier alpha value is -1.81. The molecule has 0 aromatic rings. The summed E-state index contributed by atoms with van der Waals surface area (Å²) in [6.45, 7) is 3.09. The molecule has 0 radical (unpaired) electrons. The Morgan fingerprint density at radius 3 is 2.18 bits per heavy atom. The van der Waals surface area contributed by atoms with Gasteiger partial charge in [-0.05, 0) is 6.08 Å². The number of amides is 1. The number of nitriles is 2. The predicted octanol–water partition coefficient (Wildman–Crippen LogP) is 0.0482. The van der Waals surface area contributed by atoms with Crippen LogP contribution >= 0.6 is 0 Å². The smallest absolute Gasteiger partial charge is 0.247 e. The third kappa shape index (κ3) is 3.02. The number of rotatable bonds is 3. The first-order chi connectivity index (χ1) is 5.26. The van der Waals surface area contributed by atoms with E-state index in [9.17, 15) is 4.79 Å². The fourth-order valence-corrected chi connectivity index (χ4v) is 0.512. The lowest BCUT2D eigenvalue weighted by atomic mass is 10.4. The molecule has 0 fully saturated rings. The van der Waals surface area contributed by atoms with Gasteiger partial charge in [0.1, 0.15) is 13.1 Å². The van der Waals surface area contributed by atoms with Gasteiger partial charge in [0.25, 0.3) is 0 Å². The first-order valence-corrected chi connectivity index (χ1v) is 2.91. The summed E-state index contributed by atoms with van der Waals surface area (Å²) in [6, 6.07) is 3.55. The quantitative estimate of drug-likeness (QED) is 0.420. The molecule has 0 aliphatic heterocycles. The van der Waals surface area contributed by atoms with E-state index in [1.54, 1.807) is 12.1 Å². The first-order valence-electron chi connectivity index (χ1n) is 2.91. The van der Waals surface area contributed by atoms with E-state index < -0.39 is 5.91 Å². The normalized spacial score (nSPS) is 7.45. The minimum atomic E-state index is -0.395. The fraction of sp³-hybridized carbons (Fsp3) is 0.286. The van der Waals surface area contributed by atoms with Crippen molar-refractivity contribution in [2.75, 3.05) is 13.1 Å². The maximum atomic E-state index is 10.8. The summed E-state index contributed by atoms with van der Waals surface area (Å²) in [5.41, 5.74) is 0. The van der Waals surface area contributed by atoms with E-state index in [2.05, 4.69) is 6.58 Å². The first kappa shape index (κ1) is 9.19. The van der Waals surface area contributed by atoms with Gasteiger partial charge in [0, 0.05) is 0 Å². The zero-order valence-electron chi connectivity index (χ0n) is 5.95. The summed E-state index contributed by atoms with van der Waals surface area (Å²) in [5.74, 6) is -0.395. The van der Waals surface area contributed by atoms with E-state index in [1.807, 2.05) is 0 Å². The average molecular weight is 149 g/mol. The lowest BCUT2D eigenvalue weighted by molar-refractivity contribution is -0.124. The molecule has 0 heterocycles. The Kier molecular flexibility index (Phi) is 4.19. The molecule has 1 amide bonds. The van der Waals surface area contributed by atoms with Crippen molar-refractivity contribution >= 4 is 5.91 Å². The summed E-state index contributed by atoms with van der Waals surface area (Å²) in [6.07, 6.45) is 1.08. The molecule has 0 rings (SSSR count). The highest BCUT2D eigenvalue weighted by molar-refractivity contribution is 5.87. The Morgan fingerprint density at radius 1 is 1.45 bits per heavy atom. The summed E-state index contributed by atoms with van der Waals surface area (Å²) in [7, 11) is 0. The molecule has 0 aromatic carbocycles. The predicted molar refractivity (Wildman–Crippen MR) is 38.0 cm³/mol. The summed E-state index contributed by atoms with van der Waals surface area (Å²) >= 11 is 0. The second-order valence-corrected chi connectivity index (χ2v) is 1.71. The van der Waals surface area contributed by atoms with Gasteiger partial charge in [0.15, 0.2) is 0 Å². The third-order valence-electron chi connectivity index (χ3n) is 1.01. The lowest BCUT2D eigenvalue weighted by Gasteiger charge is -2.11. The van der Waals surface area contributed by atoms with Crippen molar-refractivity contribution in [2.45, 2.75) is 0 Å². The van der Waals surface area contributed by atoms with Gasteiger partial charge >= 0.3 is 0 Å². The van der Waals surface area contributed by atoms with Crippen LogP contribution in [0.5, 0.6) is 0 Å². The van der Waals surface area contributed by atoms with Gasteiger partial charge in [-0.2, -0.15) is 10.5 Å². The molecule has 56 valence electrons. The SMILES string of the molecule is C=CC(=O)N(CC#N)CC#N. The van der Waals surface area contributed by atoms with Crippen molar-refractivity contribution in [3.05, 3.63) is 12.7 Å². The fourth-order valence-electron chi connectivity index (χ4n) is 0.512. The standard InChI is InChI=1S/C7H7N3O/c1-2-7(11)10(5-3-8)6-4-9/h2H,1,5-6H2. The highest BCUT2D eigenvalue weighted by Crippen LogP contribution is 1.87. The van der Waals surface area contributed by atoms with Crippen LogP contribution in [-0.2, 0) is 4.79 Å². The molecule has 0 N–H and O–H groups in total. The van der Waals surface area contributed by atoms with Crippen LogP contribution in [-0.4, -0.2) is 23.9 Å². The molecule has 0 unspecified atom stereocenters. The van der Waals surface area contributed by atoms with Gasteiger partial charge in [-0.25, -0.2) is 0 Å². The van der Waals surface area contributed by atoms with Crippen molar-refractivity contribution in [1.82, 2.24) is 4.90 Å². The molecule has 0 saturated heterocycles. The van der Waals surface area contributed by atoms with Crippen LogP contribution < -0.4 is 0 Å². The summed E-state index contributed by atoms with van der Waals surface area (Å²) in [4.78, 5) is 11.9. The molecule has 4 heteroatoms. The van der Waals surface area contributed by atoms with Gasteiger partial charge in [-0.3, -0.25) is 4.79 Å². The summed E-state index contributed by atoms with van der Waals surface area (Å²) in [5, 5.41) is 16.4. The average Bonchev–Trinajstić information content (AvgIpc) is 2.03. The Morgan fingerprint density at radius 2 is 1.91 bits per heavy atom. The minimum absolute atomic E-state index is 0.0710. The van der Waals surface area contributed by atoms with Crippen LogP contribution in [0.1, 0.15) is 0 Å². The topological polar surface area (TPSA) is 67.9 Å².